The smallest absolute Gasteiger partial charge is 0.314 e. The van der Waals surface area contributed by atoms with Gasteiger partial charge in [0.2, 0.25) is 0 Å². The molecule has 0 bridgehead atoms. The molecule has 2 aliphatic rings. The van der Waals surface area contributed by atoms with Crippen LogP contribution >= 0.6 is 0 Å². The first-order valence-electron chi connectivity index (χ1n) is 10.5. The first-order valence-corrected chi connectivity index (χ1v) is 12.3. The van der Waals surface area contributed by atoms with E-state index in [4.69, 9.17) is 4.74 Å². The normalized spacial score (nSPS) is 32.7. The van der Waals surface area contributed by atoms with Crippen molar-refractivity contribution in [2.24, 2.45) is 17.3 Å². The maximum Gasteiger partial charge on any atom is 0.314 e. The summed E-state index contributed by atoms with van der Waals surface area (Å²) in [6.45, 7) is 4.85. The van der Waals surface area contributed by atoms with Gasteiger partial charge in [0.05, 0.1) is 5.92 Å². The van der Waals surface area contributed by atoms with Crippen molar-refractivity contribution in [2.45, 2.75) is 76.8 Å². The van der Waals surface area contributed by atoms with Crippen LogP contribution in [0.1, 0.15) is 65.2 Å². The highest BCUT2D eigenvalue weighted by molar-refractivity contribution is 6.37. The van der Waals surface area contributed by atoms with Gasteiger partial charge in [0.1, 0.15) is 11.6 Å². The molecule has 1 aromatic carbocycles. The summed E-state index contributed by atoms with van der Waals surface area (Å²) < 4.78 is 18.4. The van der Waals surface area contributed by atoms with E-state index in [1.165, 1.54) is 56.0 Å². The number of benzene rings is 1. The molecule has 0 unspecified atom stereocenters. The summed E-state index contributed by atoms with van der Waals surface area (Å²) in [5.74, 6) is 0.766. The van der Waals surface area contributed by atoms with Crippen molar-refractivity contribution in [3.63, 3.8) is 0 Å². The zero-order valence-electron chi connectivity index (χ0n) is 16.3. The van der Waals surface area contributed by atoms with Crippen LogP contribution in [0.5, 0.6) is 5.75 Å². The molecule has 4 heteroatoms. The van der Waals surface area contributed by atoms with Crippen LogP contribution in [0.3, 0.4) is 0 Å². The number of halogens is 1. The van der Waals surface area contributed by atoms with Gasteiger partial charge >= 0.3 is 5.97 Å². The highest BCUT2D eigenvalue weighted by Gasteiger charge is 2.40. The summed E-state index contributed by atoms with van der Waals surface area (Å²) in [7, 11) is 0.164. The fourth-order valence-electron chi connectivity index (χ4n) is 5.17. The molecule has 2 nitrogen and oxygen atoms in total. The summed E-state index contributed by atoms with van der Waals surface area (Å²) in [5, 5.41) is 0. The second-order valence-corrected chi connectivity index (χ2v) is 11.5. The van der Waals surface area contributed by atoms with E-state index in [2.05, 4.69) is 13.8 Å². The average Bonchev–Trinajstić information content (AvgIpc) is 2.66. The molecule has 2 fully saturated rings. The van der Waals surface area contributed by atoms with Crippen molar-refractivity contribution in [1.29, 1.82) is 0 Å². The molecule has 1 aromatic rings. The Morgan fingerprint density at radius 3 is 2.31 bits per heavy atom. The van der Waals surface area contributed by atoms with Gasteiger partial charge < -0.3 is 4.74 Å². The third-order valence-corrected chi connectivity index (χ3v) is 9.23. The number of hydrogen-bond acceptors (Lipinski definition) is 2. The molecular formula is C22H33FO2Si. The van der Waals surface area contributed by atoms with Crippen LogP contribution < -0.4 is 4.74 Å². The monoisotopic (exact) mass is 376 g/mol. The summed E-state index contributed by atoms with van der Waals surface area (Å²) in [6.07, 6.45) is 9.85. The van der Waals surface area contributed by atoms with Gasteiger partial charge in [-0.1, -0.05) is 38.3 Å². The Bertz CT molecular complexity index is 585. The number of hydrogen-bond donors (Lipinski definition) is 0. The van der Waals surface area contributed by atoms with Crippen molar-refractivity contribution in [2.75, 3.05) is 0 Å². The van der Waals surface area contributed by atoms with Crippen LogP contribution in [0.25, 0.3) is 0 Å². The van der Waals surface area contributed by atoms with Gasteiger partial charge in [-0.15, -0.1) is 0 Å². The molecule has 0 N–H and O–H groups in total. The van der Waals surface area contributed by atoms with Gasteiger partial charge in [-0.3, -0.25) is 4.79 Å². The second-order valence-electron chi connectivity index (χ2n) is 8.81. The van der Waals surface area contributed by atoms with Crippen LogP contribution in [0.15, 0.2) is 24.3 Å². The molecule has 144 valence electrons. The van der Waals surface area contributed by atoms with Crippen LogP contribution in [0.2, 0.25) is 11.6 Å². The summed E-state index contributed by atoms with van der Waals surface area (Å²) in [6, 6.07) is 7.16. The van der Waals surface area contributed by atoms with Gasteiger partial charge in [-0.25, -0.2) is 4.39 Å². The van der Waals surface area contributed by atoms with Crippen LogP contribution in [-0.2, 0) is 4.79 Å². The number of esters is 1. The maximum absolute atomic E-state index is 13.0. The molecule has 0 heterocycles. The van der Waals surface area contributed by atoms with Crippen molar-refractivity contribution in [3.8, 4) is 5.75 Å². The predicted molar refractivity (Wildman–Crippen MR) is 107 cm³/mol. The van der Waals surface area contributed by atoms with Gasteiger partial charge in [0.25, 0.3) is 0 Å². The fraction of sp³-hybridized carbons (Fsp3) is 0.682. The standard InChI is InChI=1S/C22H33FO2Si/c1-3-26-20-12-14-22(2,15-13-20)17-6-4-16(5-7-17)21(24)25-19-10-8-18(23)9-11-19/h8-11,16-17,20H,3-7,12-15,26H2,1-2H3. The lowest BCUT2D eigenvalue weighted by atomic mass is 9.62. The Hall–Kier alpha value is -1.16. The Balaban J connectivity index is 1.48. The minimum absolute atomic E-state index is 0.00346. The molecule has 0 atom stereocenters. The molecule has 0 saturated heterocycles. The Labute approximate surface area is 159 Å². The van der Waals surface area contributed by atoms with E-state index in [0.29, 0.717) is 11.2 Å². The van der Waals surface area contributed by atoms with Crippen LogP contribution in [-0.4, -0.2) is 15.5 Å². The highest BCUT2D eigenvalue weighted by Crippen LogP contribution is 2.51. The minimum atomic E-state index is -0.310. The zero-order chi connectivity index (χ0) is 18.6. The Morgan fingerprint density at radius 2 is 1.73 bits per heavy atom. The van der Waals surface area contributed by atoms with Gasteiger partial charge in [0, 0.05) is 9.52 Å². The predicted octanol–water partition coefficient (Wildman–Crippen LogP) is 5.51. The van der Waals surface area contributed by atoms with Gasteiger partial charge in [-0.2, -0.15) is 0 Å². The molecule has 0 spiro atoms. The first kappa shape index (κ1) is 19.6. The molecular weight excluding hydrogens is 343 g/mol. The van der Waals surface area contributed by atoms with Crippen molar-refractivity contribution < 1.29 is 13.9 Å². The van der Waals surface area contributed by atoms with Crippen LogP contribution in [0, 0.1) is 23.1 Å². The fourth-order valence-corrected chi connectivity index (χ4v) is 6.97. The van der Waals surface area contributed by atoms with E-state index in [-0.39, 0.29) is 27.2 Å². The maximum atomic E-state index is 13.0. The van der Waals surface area contributed by atoms with Gasteiger partial charge in [0.15, 0.2) is 0 Å². The number of rotatable bonds is 5. The highest BCUT2D eigenvalue weighted by atomic mass is 28.2. The van der Waals surface area contributed by atoms with Gasteiger partial charge in [-0.05, 0) is 74.1 Å². The average molecular weight is 377 g/mol. The summed E-state index contributed by atoms with van der Waals surface area (Å²) in [5.41, 5.74) is 1.57. The molecule has 0 aromatic heterocycles. The van der Waals surface area contributed by atoms with Crippen molar-refractivity contribution >= 4 is 15.5 Å². The van der Waals surface area contributed by atoms with E-state index in [1.807, 2.05) is 0 Å². The van der Waals surface area contributed by atoms with Crippen LogP contribution in [0.4, 0.5) is 4.39 Å². The number of carbonyl (C=O) groups excluding carboxylic acids is 1. The lowest BCUT2D eigenvalue weighted by molar-refractivity contribution is -0.140. The Morgan fingerprint density at radius 1 is 1.12 bits per heavy atom. The minimum Gasteiger partial charge on any atom is -0.426 e. The molecule has 0 radical (unpaired) electrons. The van der Waals surface area contributed by atoms with E-state index in [9.17, 15) is 9.18 Å². The molecule has 0 aliphatic heterocycles. The number of ether oxygens (including phenoxy) is 1. The molecule has 2 aliphatic carbocycles. The third kappa shape index (κ3) is 4.76. The largest absolute Gasteiger partial charge is 0.426 e. The topological polar surface area (TPSA) is 26.3 Å². The van der Waals surface area contributed by atoms with Crippen molar-refractivity contribution in [3.05, 3.63) is 30.1 Å². The quantitative estimate of drug-likeness (QED) is 0.384. The van der Waals surface area contributed by atoms with Crippen molar-refractivity contribution in [1.82, 2.24) is 0 Å². The summed E-state index contributed by atoms with van der Waals surface area (Å²) in [4.78, 5) is 12.4. The Kier molecular flexibility index (Phi) is 6.54. The molecule has 26 heavy (non-hydrogen) atoms. The van der Waals surface area contributed by atoms with E-state index in [0.717, 1.165) is 37.1 Å². The first-order chi connectivity index (χ1) is 12.5. The second kappa shape index (κ2) is 8.68. The lowest BCUT2D eigenvalue weighted by Gasteiger charge is -2.45. The lowest BCUT2D eigenvalue weighted by Crippen LogP contribution is -2.36. The molecule has 3 rings (SSSR count). The SMILES string of the molecule is CC[SiH2]C1CCC(C)(C2CCC(C(=O)Oc3ccc(F)cc3)CC2)CC1. The molecule has 0 amide bonds. The summed E-state index contributed by atoms with van der Waals surface area (Å²) >= 11 is 0. The third-order valence-electron chi connectivity index (χ3n) is 7.02. The van der Waals surface area contributed by atoms with E-state index >= 15 is 0 Å². The van der Waals surface area contributed by atoms with E-state index < -0.39 is 0 Å². The molecule has 2 saturated carbocycles. The zero-order valence-corrected chi connectivity index (χ0v) is 17.7. The number of carbonyl (C=O) groups is 1. The van der Waals surface area contributed by atoms with E-state index in [1.54, 1.807) is 0 Å².